The first kappa shape index (κ1) is 11.4. The van der Waals surface area contributed by atoms with Crippen LogP contribution in [0.1, 0.15) is 11.3 Å². The number of ether oxygens (including phenoxy) is 1. The van der Waals surface area contributed by atoms with Crippen molar-refractivity contribution in [2.45, 2.75) is 0 Å². The van der Waals surface area contributed by atoms with Crippen LogP contribution in [-0.2, 0) is 9.53 Å². The fourth-order valence-electron chi connectivity index (χ4n) is 1.65. The average molecular weight is 257 g/mol. The van der Waals surface area contributed by atoms with Gasteiger partial charge in [0.1, 0.15) is 5.82 Å². The van der Waals surface area contributed by atoms with Gasteiger partial charge in [-0.2, -0.15) is 0 Å². The van der Waals surface area contributed by atoms with Crippen LogP contribution in [0.3, 0.4) is 0 Å². The molecule has 19 heavy (non-hydrogen) atoms. The van der Waals surface area contributed by atoms with E-state index in [1.54, 1.807) is 30.3 Å². The molecule has 0 spiro atoms. The first-order chi connectivity index (χ1) is 9.24. The third kappa shape index (κ3) is 2.18. The molecule has 5 heteroatoms. The number of halogens is 1. The summed E-state index contributed by atoms with van der Waals surface area (Å²) in [5, 5.41) is 0. The lowest BCUT2D eigenvalue weighted by Crippen LogP contribution is -2.04. The molecule has 4 nitrogen and oxygen atoms in total. The molecule has 1 aromatic carbocycles. The summed E-state index contributed by atoms with van der Waals surface area (Å²) in [4.78, 5) is 15.6. The van der Waals surface area contributed by atoms with Gasteiger partial charge in [0.2, 0.25) is 0 Å². The maximum Gasteiger partial charge on any atom is 0.363 e. The number of carbonyl (C=O) groups excluding carboxylic acids is 1. The SMILES string of the molecule is O=C1OC(c2ccco2)=NC1=Cc1ccccc1F. The highest BCUT2D eigenvalue weighted by molar-refractivity contribution is 6.11. The number of rotatable bonds is 2. The molecular formula is C14H8FNO3. The van der Waals surface area contributed by atoms with Crippen LogP contribution in [0.2, 0.25) is 0 Å². The van der Waals surface area contributed by atoms with E-state index < -0.39 is 11.8 Å². The van der Waals surface area contributed by atoms with E-state index in [4.69, 9.17) is 9.15 Å². The summed E-state index contributed by atoms with van der Waals surface area (Å²) in [6, 6.07) is 9.39. The number of cyclic esters (lactones) is 1. The maximum absolute atomic E-state index is 13.5. The standard InChI is InChI=1S/C14H8FNO3/c15-10-5-2-1-4-9(10)8-11-14(17)19-13(16-11)12-6-3-7-18-12/h1-8H. The topological polar surface area (TPSA) is 51.8 Å². The molecule has 0 unspecified atom stereocenters. The molecule has 0 fully saturated rings. The van der Waals surface area contributed by atoms with Crippen molar-refractivity contribution < 1.29 is 18.3 Å². The zero-order chi connectivity index (χ0) is 13.2. The number of esters is 1. The number of nitrogens with zero attached hydrogens (tertiary/aromatic N) is 1. The van der Waals surface area contributed by atoms with Gasteiger partial charge in [0.25, 0.3) is 5.90 Å². The summed E-state index contributed by atoms with van der Waals surface area (Å²) in [7, 11) is 0. The molecule has 0 bridgehead atoms. The quantitative estimate of drug-likeness (QED) is 0.614. The van der Waals surface area contributed by atoms with E-state index in [-0.39, 0.29) is 17.2 Å². The molecule has 0 radical (unpaired) electrons. The van der Waals surface area contributed by atoms with Crippen molar-refractivity contribution in [1.82, 2.24) is 0 Å². The Balaban J connectivity index is 1.98. The van der Waals surface area contributed by atoms with Gasteiger partial charge in [0, 0.05) is 5.56 Å². The number of aliphatic imine (C=N–C) groups is 1. The zero-order valence-corrected chi connectivity index (χ0v) is 9.67. The van der Waals surface area contributed by atoms with Crippen LogP contribution < -0.4 is 0 Å². The molecule has 2 aromatic rings. The Morgan fingerprint density at radius 3 is 2.74 bits per heavy atom. The Morgan fingerprint density at radius 1 is 1.16 bits per heavy atom. The van der Waals surface area contributed by atoms with Crippen LogP contribution in [0.4, 0.5) is 4.39 Å². The second-order valence-electron chi connectivity index (χ2n) is 3.83. The van der Waals surface area contributed by atoms with E-state index >= 15 is 0 Å². The monoisotopic (exact) mass is 257 g/mol. The van der Waals surface area contributed by atoms with Crippen molar-refractivity contribution in [2.75, 3.05) is 0 Å². The minimum absolute atomic E-state index is 0.0384. The summed E-state index contributed by atoms with van der Waals surface area (Å²) >= 11 is 0. The van der Waals surface area contributed by atoms with E-state index in [9.17, 15) is 9.18 Å². The summed E-state index contributed by atoms with van der Waals surface area (Å²) < 4.78 is 23.5. The molecule has 3 rings (SSSR count). The van der Waals surface area contributed by atoms with Crippen molar-refractivity contribution in [3.63, 3.8) is 0 Å². The van der Waals surface area contributed by atoms with Gasteiger partial charge >= 0.3 is 5.97 Å². The van der Waals surface area contributed by atoms with Gasteiger partial charge in [0.05, 0.1) is 6.26 Å². The van der Waals surface area contributed by atoms with Gasteiger partial charge in [-0.05, 0) is 24.3 Å². The van der Waals surface area contributed by atoms with Gasteiger partial charge < -0.3 is 9.15 Å². The second-order valence-corrected chi connectivity index (χ2v) is 3.83. The van der Waals surface area contributed by atoms with Crippen molar-refractivity contribution in [1.29, 1.82) is 0 Å². The van der Waals surface area contributed by atoms with Gasteiger partial charge in [-0.1, -0.05) is 18.2 Å². The molecule has 2 heterocycles. The highest BCUT2D eigenvalue weighted by Gasteiger charge is 2.25. The van der Waals surface area contributed by atoms with Crippen LogP contribution in [0, 0.1) is 5.82 Å². The predicted molar refractivity (Wildman–Crippen MR) is 65.7 cm³/mol. The van der Waals surface area contributed by atoms with Crippen LogP contribution in [-0.4, -0.2) is 11.9 Å². The van der Waals surface area contributed by atoms with Crippen LogP contribution >= 0.6 is 0 Å². The van der Waals surface area contributed by atoms with Gasteiger partial charge in [-0.15, -0.1) is 0 Å². The Kier molecular flexibility index (Phi) is 2.72. The van der Waals surface area contributed by atoms with Crippen LogP contribution in [0.5, 0.6) is 0 Å². The lowest BCUT2D eigenvalue weighted by Gasteiger charge is -1.95. The minimum Gasteiger partial charge on any atom is -0.459 e. The Morgan fingerprint density at radius 2 is 2.00 bits per heavy atom. The average Bonchev–Trinajstić information content (AvgIpc) is 3.02. The second kappa shape index (κ2) is 4.53. The molecule has 0 N–H and O–H groups in total. The summed E-state index contributed by atoms with van der Waals surface area (Å²) in [5.74, 6) is -0.623. The molecule has 1 aromatic heterocycles. The minimum atomic E-state index is -0.630. The molecule has 0 amide bonds. The van der Waals surface area contributed by atoms with Crippen molar-refractivity contribution >= 4 is 17.9 Å². The van der Waals surface area contributed by atoms with Gasteiger partial charge in [-0.3, -0.25) is 0 Å². The molecule has 0 atom stereocenters. The Bertz CT molecular complexity index is 686. The number of hydrogen-bond donors (Lipinski definition) is 0. The number of benzene rings is 1. The molecule has 0 saturated heterocycles. The third-order valence-electron chi connectivity index (χ3n) is 2.55. The summed E-state index contributed by atoms with van der Waals surface area (Å²) in [6.45, 7) is 0. The summed E-state index contributed by atoms with van der Waals surface area (Å²) in [5.41, 5.74) is 0.315. The number of hydrogen-bond acceptors (Lipinski definition) is 4. The van der Waals surface area contributed by atoms with Crippen LogP contribution in [0.25, 0.3) is 6.08 Å². The molecular weight excluding hydrogens is 249 g/mol. The number of carbonyl (C=O) groups is 1. The van der Waals surface area contributed by atoms with E-state index in [0.717, 1.165) is 0 Å². The third-order valence-corrected chi connectivity index (χ3v) is 2.55. The van der Waals surface area contributed by atoms with E-state index in [1.165, 1.54) is 18.4 Å². The summed E-state index contributed by atoms with van der Waals surface area (Å²) in [6.07, 6.45) is 2.79. The molecule has 94 valence electrons. The van der Waals surface area contributed by atoms with E-state index in [1.807, 2.05) is 0 Å². The van der Waals surface area contributed by atoms with Gasteiger partial charge in [0.15, 0.2) is 11.5 Å². The van der Waals surface area contributed by atoms with Crippen molar-refractivity contribution in [3.8, 4) is 0 Å². The predicted octanol–water partition coefficient (Wildman–Crippen LogP) is 2.76. The first-order valence-corrected chi connectivity index (χ1v) is 5.55. The number of furan rings is 1. The molecule has 1 aliphatic rings. The highest BCUT2D eigenvalue weighted by Crippen LogP contribution is 2.20. The normalized spacial score (nSPS) is 16.6. The highest BCUT2D eigenvalue weighted by atomic mass is 19.1. The fourth-order valence-corrected chi connectivity index (χ4v) is 1.65. The largest absolute Gasteiger partial charge is 0.459 e. The zero-order valence-electron chi connectivity index (χ0n) is 9.67. The molecule has 1 aliphatic heterocycles. The Labute approximate surface area is 107 Å². The lowest BCUT2D eigenvalue weighted by atomic mass is 10.2. The van der Waals surface area contributed by atoms with Gasteiger partial charge in [-0.25, -0.2) is 14.2 Å². The molecule has 0 aliphatic carbocycles. The van der Waals surface area contributed by atoms with E-state index in [2.05, 4.69) is 4.99 Å². The Hall–Kier alpha value is -2.69. The van der Waals surface area contributed by atoms with Crippen LogP contribution in [0.15, 0.2) is 57.8 Å². The van der Waals surface area contributed by atoms with Crippen molar-refractivity contribution in [2.24, 2.45) is 4.99 Å². The molecule has 0 saturated carbocycles. The smallest absolute Gasteiger partial charge is 0.363 e. The first-order valence-electron chi connectivity index (χ1n) is 5.55. The lowest BCUT2D eigenvalue weighted by molar-refractivity contribution is -0.130. The fraction of sp³-hybridized carbons (Fsp3) is 0. The van der Waals surface area contributed by atoms with Crippen molar-refractivity contribution in [3.05, 3.63) is 65.5 Å². The maximum atomic E-state index is 13.5. The van der Waals surface area contributed by atoms with E-state index in [0.29, 0.717) is 5.76 Å².